The maximum atomic E-state index is 16.4. The number of benzene rings is 3. The van der Waals surface area contributed by atoms with Gasteiger partial charge in [0.15, 0.2) is 12.0 Å². The Morgan fingerprint density at radius 1 is 1.02 bits per heavy atom. The van der Waals surface area contributed by atoms with E-state index in [-0.39, 0.29) is 55.5 Å². The average molecular weight is 826 g/mol. The molecule has 0 radical (unpaired) electrons. The molecule has 318 valence electrons. The second kappa shape index (κ2) is 16.8. The zero-order chi connectivity index (χ0) is 42.3. The number of carbonyl (C=O) groups excluding carboxylic acids is 1. The van der Waals surface area contributed by atoms with Crippen molar-refractivity contribution < 1.29 is 47.5 Å². The molecule has 15 heteroatoms. The van der Waals surface area contributed by atoms with Crippen molar-refractivity contribution in [3.05, 3.63) is 70.7 Å². The molecule has 1 aliphatic carbocycles. The van der Waals surface area contributed by atoms with Gasteiger partial charge in [0.1, 0.15) is 36.3 Å². The second-order valence-corrected chi connectivity index (χ2v) is 17.0. The molecule has 2 saturated heterocycles. The van der Waals surface area contributed by atoms with Crippen molar-refractivity contribution in [2.24, 2.45) is 0 Å². The zero-order valence-electron chi connectivity index (χ0n) is 35.0. The lowest BCUT2D eigenvalue weighted by Crippen LogP contribution is -2.36. The standard InChI is InChI=1S/C45H52FN5O9/c1-25(55-6)23-58-43-48-39-32(41(49-43)59-30-16-17-50(22-30)44(54)60-45(3,4)5)19-31(28-14-15-28)38(40(39)57-24-27-10-12-29(13-11-27)42(52)53)37-26(2)34(46)20-35-33(37)21-47-51(35)36-9-7-8-18-56-36/h10-13,19-21,25,28,30,36H,7-9,14-18,22-24H2,1-6H3,(H,52,53)/t25-,30-,36?/m0/s1. The van der Waals surface area contributed by atoms with E-state index < -0.39 is 29.6 Å². The maximum absolute atomic E-state index is 16.4. The highest BCUT2D eigenvalue weighted by Crippen LogP contribution is 2.53. The van der Waals surface area contributed by atoms with Crippen molar-refractivity contribution in [3.8, 4) is 28.8 Å². The summed E-state index contributed by atoms with van der Waals surface area (Å²) >= 11 is 0. The molecule has 60 heavy (non-hydrogen) atoms. The molecule has 4 heterocycles. The lowest BCUT2D eigenvalue weighted by molar-refractivity contribution is -0.0367. The number of rotatable bonds is 13. The van der Waals surface area contributed by atoms with E-state index in [1.807, 2.05) is 33.8 Å². The number of hydrogen-bond acceptors (Lipinski definition) is 11. The quantitative estimate of drug-likeness (QED) is 0.121. The highest BCUT2D eigenvalue weighted by atomic mass is 19.1. The average Bonchev–Trinajstić information content (AvgIpc) is 3.82. The Hall–Kier alpha value is -5.54. The number of fused-ring (bicyclic) bond motifs is 2. The maximum Gasteiger partial charge on any atom is 0.410 e. The van der Waals surface area contributed by atoms with Gasteiger partial charge in [-0.3, -0.25) is 0 Å². The molecule has 3 aromatic carbocycles. The third-order valence-electron chi connectivity index (χ3n) is 11.2. The van der Waals surface area contributed by atoms with Crippen molar-refractivity contribution in [1.82, 2.24) is 24.6 Å². The summed E-state index contributed by atoms with van der Waals surface area (Å²) in [6, 6.07) is 10.0. The number of halogens is 1. The predicted molar refractivity (Wildman–Crippen MR) is 220 cm³/mol. The van der Waals surface area contributed by atoms with Gasteiger partial charge in [0, 0.05) is 49.3 Å². The number of carboxylic acid groups (broad SMARTS) is 1. The zero-order valence-corrected chi connectivity index (χ0v) is 35.0. The van der Waals surface area contributed by atoms with Crippen molar-refractivity contribution in [2.45, 2.75) is 110 Å². The molecule has 5 aromatic rings. The van der Waals surface area contributed by atoms with E-state index in [0.717, 1.165) is 43.1 Å². The van der Waals surface area contributed by atoms with Gasteiger partial charge in [-0.25, -0.2) is 18.7 Å². The van der Waals surface area contributed by atoms with Gasteiger partial charge in [-0.2, -0.15) is 15.1 Å². The minimum Gasteiger partial charge on any atom is -0.486 e. The SMILES string of the molecule is CO[C@@H](C)COc1nc(O[C@H]2CCN(C(=O)OC(C)(C)C)C2)c2cc(C3CC3)c(-c3c(C)c(F)cc4c3cnn4C3CCCCO3)c(OCc3ccc(C(=O)O)cc3)c2n1. The van der Waals surface area contributed by atoms with Crippen molar-refractivity contribution in [1.29, 1.82) is 0 Å². The number of methoxy groups -OCH3 is 1. The summed E-state index contributed by atoms with van der Waals surface area (Å²) in [4.78, 5) is 36.1. The van der Waals surface area contributed by atoms with Crippen LogP contribution in [-0.4, -0.2) is 93.0 Å². The fourth-order valence-corrected chi connectivity index (χ4v) is 7.84. The third kappa shape index (κ3) is 8.69. The third-order valence-corrected chi connectivity index (χ3v) is 11.2. The van der Waals surface area contributed by atoms with Gasteiger partial charge in [0.25, 0.3) is 0 Å². The Morgan fingerprint density at radius 2 is 1.80 bits per heavy atom. The summed E-state index contributed by atoms with van der Waals surface area (Å²) in [5.41, 5.74) is 3.85. The number of likely N-dealkylation sites (tertiary alicyclic amines) is 1. The first-order valence-electron chi connectivity index (χ1n) is 20.7. The Morgan fingerprint density at radius 3 is 2.48 bits per heavy atom. The summed E-state index contributed by atoms with van der Waals surface area (Å²) in [7, 11) is 1.59. The number of nitrogens with zero attached hydrogens (tertiary/aromatic N) is 5. The molecule has 3 aliphatic rings. The van der Waals surface area contributed by atoms with Gasteiger partial charge < -0.3 is 38.4 Å². The molecule has 0 bridgehead atoms. The summed E-state index contributed by atoms with van der Waals surface area (Å²) < 4.78 is 55.2. The van der Waals surface area contributed by atoms with Crippen molar-refractivity contribution >= 4 is 33.9 Å². The van der Waals surface area contributed by atoms with Crippen LogP contribution in [0.1, 0.15) is 105 Å². The number of hydrogen-bond donors (Lipinski definition) is 1. The van der Waals surface area contributed by atoms with Crippen molar-refractivity contribution in [2.75, 3.05) is 33.4 Å². The first kappa shape index (κ1) is 41.2. The smallest absolute Gasteiger partial charge is 0.410 e. The van der Waals surface area contributed by atoms with Gasteiger partial charge in [-0.15, -0.1) is 0 Å². The van der Waals surface area contributed by atoms with Gasteiger partial charge >= 0.3 is 18.1 Å². The van der Waals surface area contributed by atoms with Crippen LogP contribution in [0.15, 0.2) is 42.6 Å². The van der Waals surface area contributed by atoms with E-state index >= 15 is 4.39 Å². The molecule has 2 aromatic heterocycles. The highest BCUT2D eigenvalue weighted by molar-refractivity contribution is 6.05. The molecule has 3 atom stereocenters. The summed E-state index contributed by atoms with van der Waals surface area (Å²) in [6.45, 7) is 10.6. The molecule has 8 rings (SSSR count). The second-order valence-electron chi connectivity index (χ2n) is 17.0. The fraction of sp³-hybridized carbons (Fsp3) is 0.489. The van der Waals surface area contributed by atoms with Gasteiger partial charge in [-0.1, -0.05) is 12.1 Å². The summed E-state index contributed by atoms with van der Waals surface area (Å²) in [5.74, 6) is -0.687. The molecule has 2 aliphatic heterocycles. The Kier molecular flexibility index (Phi) is 11.6. The van der Waals surface area contributed by atoms with E-state index in [2.05, 4.69) is 0 Å². The van der Waals surface area contributed by atoms with E-state index in [1.54, 1.807) is 41.9 Å². The predicted octanol–water partition coefficient (Wildman–Crippen LogP) is 8.75. The number of ether oxygens (including phenoxy) is 6. The first-order valence-corrected chi connectivity index (χ1v) is 20.7. The summed E-state index contributed by atoms with van der Waals surface area (Å²) in [6.07, 6.45) is 5.40. The highest BCUT2D eigenvalue weighted by Gasteiger charge is 2.36. The van der Waals surface area contributed by atoms with Crippen LogP contribution in [0.2, 0.25) is 0 Å². The van der Waals surface area contributed by atoms with E-state index in [1.165, 1.54) is 18.2 Å². The minimum absolute atomic E-state index is 0.0209. The molecule has 1 unspecified atom stereocenters. The van der Waals surface area contributed by atoms with Crippen LogP contribution in [0.3, 0.4) is 0 Å². The Bertz CT molecular complexity index is 2400. The fourth-order valence-electron chi connectivity index (χ4n) is 7.84. The number of aromatic carboxylic acids is 1. The normalized spacial score (nSPS) is 18.8. The lowest BCUT2D eigenvalue weighted by Gasteiger charge is -2.25. The topological polar surface area (TPSA) is 157 Å². The molecule has 3 fully saturated rings. The van der Waals surface area contributed by atoms with E-state index in [0.29, 0.717) is 64.0 Å². The van der Waals surface area contributed by atoms with Gasteiger partial charge in [0.2, 0.25) is 5.88 Å². The number of carbonyl (C=O) groups is 2. The summed E-state index contributed by atoms with van der Waals surface area (Å²) in [5, 5.41) is 15.6. The van der Waals surface area contributed by atoms with Crippen LogP contribution in [0, 0.1) is 12.7 Å². The van der Waals surface area contributed by atoms with Crippen LogP contribution in [-0.2, 0) is 20.8 Å². The molecular formula is C45H52FN5O9. The minimum atomic E-state index is -1.03. The lowest BCUT2D eigenvalue weighted by atomic mass is 9.88. The largest absolute Gasteiger partial charge is 0.486 e. The monoisotopic (exact) mass is 825 g/mol. The molecule has 1 amide bonds. The molecule has 1 saturated carbocycles. The number of aromatic nitrogens is 4. The Labute approximate surface area is 347 Å². The van der Waals surface area contributed by atoms with Gasteiger partial charge in [0.05, 0.1) is 35.3 Å². The van der Waals surface area contributed by atoms with Gasteiger partial charge in [-0.05, 0) is 108 Å². The van der Waals surface area contributed by atoms with E-state index in [9.17, 15) is 14.7 Å². The van der Waals surface area contributed by atoms with Crippen LogP contribution >= 0.6 is 0 Å². The first-order chi connectivity index (χ1) is 28.8. The van der Waals surface area contributed by atoms with Crippen LogP contribution in [0.4, 0.5) is 9.18 Å². The van der Waals surface area contributed by atoms with Crippen LogP contribution in [0.25, 0.3) is 32.9 Å². The molecule has 14 nitrogen and oxygen atoms in total. The van der Waals surface area contributed by atoms with Crippen LogP contribution < -0.4 is 14.2 Å². The van der Waals surface area contributed by atoms with Crippen LogP contribution in [0.5, 0.6) is 17.6 Å². The van der Waals surface area contributed by atoms with Crippen molar-refractivity contribution in [3.63, 3.8) is 0 Å². The molecular weight excluding hydrogens is 774 g/mol. The number of carboxylic acids is 1. The number of amides is 1. The molecule has 0 spiro atoms. The molecule has 1 N–H and O–H groups in total. The Balaban J connectivity index is 1.32. The van der Waals surface area contributed by atoms with E-state index in [4.69, 9.17) is 43.5 Å².